The van der Waals surface area contributed by atoms with E-state index in [1.165, 1.54) is 35.2 Å². The maximum Gasteiger partial charge on any atom is 0.220 e. The summed E-state index contributed by atoms with van der Waals surface area (Å²) in [4.78, 5) is 17.2. The van der Waals surface area contributed by atoms with Crippen LogP contribution in [-0.4, -0.2) is 30.5 Å². The van der Waals surface area contributed by atoms with Crippen molar-refractivity contribution in [2.24, 2.45) is 7.05 Å². The lowest BCUT2D eigenvalue weighted by atomic mass is 9.97. The monoisotopic (exact) mass is 400 g/mol. The van der Waals surface area contributed by atoms with E-state index in [1.807, 2.05) is 24.1 Å². The number of fused-ring (bicyclic) bond motifs is 6. The SMILES string of the molecule is Cn1cc2c(n1)CNC(=O)CCCn1cc(c(C3CC3)n1)C1=CCc3ncc-2cc31. The van der Waals surface area contributed by atoms with Crippen LogP contribution < -0.4 is 5.32 Å². The molecule has 1 N–H and O–H groups in total. The second-order valence-electron chi connectivity index (χ2n) is 8.55. The minimum atomic E-state index is 0.0483. The van der Waals surface area contributed by atoms with Gasteiger partial charge in [0.05, 0.1) is 23.6 Å². The highest BCUT2D eigenvalue weighted by molar-refractivity contribution is 5.87. The number of pyridine rings is 1. The number of nitrogens with one attached hydrogen (secondary N) is 1. The summed E-state index contributed by atoms with van der Waals surface area (Å²) in [7, 11) is 1.91. The summed E-state index contributed by atoms with van der Waals surface area (Å²) in [6.45, 7) is 1.17. The summed E-state index contributed by atoms with van der Waals surface area (Å²) in [6, 6.07) is 2.23. The molecule has 2 aliphatic carbocycles. The van der Waals surface area contributed by atoms with Crippen molar-refractivity contribution in [1.29, 1.82) is 0 Å². The Bertz CT molecular complexity index is 1200. The van der Waals surface area contributed by atoms with Gasteiger partial charge >= 0.3 is 0 Å². The van der Waals surface area contributed by atoms with Gasteiger partial charge in [0, 0.05) is 73.2 Å². The average Bonchev–Trinajstić information content (AvgIpc) is 3.19. The molecule has 1 saturated carbocycles. The third-order valence-corrected chi connectivity index (χ3v) is 6.26. The number of hydrogen-bond acceptors (Lipinski definition) is 4. The highest BCUT2D eigenvalue weighted by Crippen LogP contribution is 2.45. The van der Waals surface area contributed by atoms with Gasteiger partial charge in [-0.3, -0.25) is 19.1 Å². The Kier molecular flexibility index (Phi) is 3.91. The van der Waals surface area contributed by atoms with Crippen LogP contribution in [0.15, 0.2) is 30.7 Å². The first kappa shape index (κ1) is 17.6. The van der Waals surface area contributed by atoms with Crippen molar-refractivity contribution in [2.75, 3.05) is 0 Å². The molecule has 7 nitrogen and oxygen atoms in total. The summed E-state index contributed by atoms with van der Waals surface area (Å²) >= 11 is 0. The molecule has 0 aromatic carbocycles. The molecule has 152 valence electrons. The molecular weight excluding hydrogens is 376 g/mol. The van der Waals surface area contributed by atoms with Crippen LogP contribution >= 0.6 is 0 Å². The second-order valence-corrected chi connectivity index (χ2v) is 8.55. The van der Waals surface area contributed by atoms with E-state index < -0.39 is 0 Å². The lowest BCUT2D eigenvalue weighted by Crippen LogP contribution is -2.23. The fourth-order valence-corrected chi connectivity index (χ4v) is 4.60. The normalized spacial score (nSPS) is 18.3. The molecule has 30 heavy (non-hydrogen) atoms. The van der Waals surface area contributed by atoms with Crippen LogP contribution in [-0.2, 0) is 31.4 Å². The minimum Gasteiger partial charge on any atom is -0.350 e. The minimum absolute atomic E-state index is 0.0483. The first-order valence-electron chi connectivity index (χ1n) is 10.7. The van der Waals surface area contributed by atoms with Crippen molar-refractivity contribution in [3.63, 3.8) is 0 Å². The topological polar surface area (TPSA) is 77.6 Å². The number of carbonyl (C=O) groups is 1. The van der Waals surface area contributed by atoms with E-state index in [-0.39, 0.29) is 5.91 Å². The molecule has 1 aliphatic heterocycles. The van der Waals surface area contributed by atoms with E-state index in [4.69, 9.17) is 10.1 Å². The average molecular weight is 400 g/mol. The smallest absolute Gasteiger partial charge is 0.220 e. The Hall–Kier alpha value is -3.22. The van der Waals surface area contributed by atoms with Gasteiger partial charge in [0.1, 0.15) is 0 Å². The number of aromatic nitrogens is 5. The molecule has 0 atom stereocenters. The van der Waals surface area contributed by atoms with Gasteiger partial charge < -0.3 is 5.32 Å². The van der Waals surface area contributed by atoms with Gasteiger partial charge in [-0.2, -0.15) is 10.2 Å². The Morgan fingerprint density at radius 2 is 2.00 bits per heavy atom. The predicted molar refractivity (Wildman–Crippen MR) is 113 cm³/mol. The Labute approximate surface area is 174 Å². The summed E-state index contributed by atoms with van der Waals surface area (Å²) in [6.07, 6.45) is 12.9. The van der Waals surface area contributed by atoms with Crippen LogP contribution in [0.25, 0.3) is 16.7 Å². The van der Waals surface area contributed by atoms with Crippen molar-refractivity contribution in [1.82, 2.24) is 29.9 Å². The van der Waals surface area contributed by atoms with Gasteiger partial charge in [0.2, 0.25) is 5.91 Å². The Morgan fingerprint density at radius 1 is 1.10 bits per heavy atom. The zero-order valence-electron chi connectivity index (χ0n) is 17.1. The molecule has 0 radical (unpaired) electrons. The first-order chi connectivity index (χ1) is 14.7. The molecule has 1 amide bonds. The number of carbonyl (C=O) groups excluding carboxylic acids is 1. The quantitative estimate of drug-likeness (QED) is 0.681. The van der Waals surface area contributed by atoms with Crippen molar-refractivity contribution in [3.8, 4) is 11.1 Å². The standard InChI is InChI=1S/C23H24N6O/c1-28-12-18-15-9-17-16(6-7-20(17)24-10-15)19-13-29(27-23(19)14-4-5-14)8-2-3-22(30)25-11-21(18)26-28/h6,9-10,12-14H,2-5,7-8,11H2,1H3,(H,25,30). The van der Waals surface area contributed by atoms with E-state index in [2.05, 4.69) is 28.8 Å². The zero-order valence-corrected chi connectivity index (χ0v) is 17.1. The van der Waals surface area contributed by atoms with Crippen LogP contribution in [0.1, 0.15) is 59.8 Å². The molecular formula is C23H24N6O. The zero-order chi connectivity index (χ0) is 20.2. The first-order valence-corrected chi connectivity index (χ1v) is 10.7. The largest absolute Gasteiger partial charge is 0.350 e. The Balaban J connectivity index is 1.51. The van der Waals surface area contributed by atoms with E-state index in [1.54, 1.807) is 4.68 Å². The Morgan fingerprint density at radius 3 is 2.87 bits per heavy atom. The van der Waals surface area contributed by atoms with Crippen molar-refractivity contribution in [3.05, 3.63) is 58.9 Å². The van der Waals surface area contributed by atoms with Gasteiger partial charge in [0.25, 0.3) is 0 Å². The summed E-state index contributed by atoms with van der Waals surface area (Å²) in [5, 5.41) is 12.5. The highest BCUT2D eigenvalue weighted by Gasteiger charge is 2.32. The molecule has 3 aliphatic rings. The fraction of sp³-hybridized carbons (Fsp3) is 0.391. The predicted octanol–water partition coefficient (Wildman–Crippen LogP) is 2.95. The number of nitrogens with zero attached hydrogens (tertiary/aromatic N) is 5. The number of allylic oxidation sites excluding steroid dienone is 1. The molecule has 0 unspecified atom stereocenters. The molecule has 6 rings (SSSR count). The maximum absolute atomic E-state index is 12.4. The van der Waals surface area contributed by atoms with Gasteiger partial charge in [-0.25, -0.2) is 0 Å². The van der Waals surface area contributed by atoms with E-state index >= 15 is 0 Å². The highest BCUT2D eigenvalue weighted by atomic mass is 16.1. The second kappa shape index (κ2) is 6.65. The van der Waals surface area contributed by atoms with Gasteiger partial charge in [0.15, 0.2) is 0 Å². The van der Waals surface area contributed by atoms with Crippen LogP contribution in [0.2, 0.25) is 0 Å². The van der Waals surface area contributed by atoms with E-state index in [0.29, 0.717) is 18.9 Å². The van der Waals surface area contributed by atoms with Gasteiger partial charge in [-0.05, 0) is 30.9 Å². The van der Waals surface area contributed by atoms with Gasteiger partial charge in [-0.15, -0.1) is 0 Å². The fourth-order valence-electron chi connectivity index (χ4n) is 4.60. The number of hydrogen-bond donors (Lipinski definition) is 1. The van der Waals surface area contributed by atoms with Crippen molar-refractivity contribution < 1.29 is 4.79 Å². The molecule has 4 bridgehead atoms. The summed E-state index contributed by atoms with van der Waals surface area (Å²) < 4.78 is 3.83. The molecule has 4 heterocycles. The number of amides is 1. The van der Waals surface area contributed by atoms with Crippen molar-refractivity contribution in [2.45, 2.75) is 51.1 Å². The third kappa shape index (κ3) is 2.96. The third-order valence-electron chi connectivity index (χ3n) is 6.26. The summed E-state index contributed by atoms with van der Waals surface area (Å²) in [5.41, 5.74) is 8.94. The maximum atomic E-state index is 12.4. The van der Waals surface area contributed by atoms with Crippen LogP contribution in [0.5, 0.6) is 0 Å². The van der Waals surface area contributed by atoms with Gasteiger partial charge in [-0.1, -0.05) is 6.08 Å². The lowest BCUT2D eigenvalue weighted by Gasteiger charge is -2.09. The lowest BCUT2D eigenvalue weighted by molar-refractivity contribution is -0.121. The molecule has 1 fully saturated rings. The van der Waals surface area contributed by atoms with Crippen LogP contribution in [0.4, 0.5) is 0 Å². The van der Waals surface area contributed by atoms with E-state index in [0.717, 1.165) is 41.9 Å². The van der Waals surface area contributed by atoms with Crippen LogP contribution in [0, 0.1) is 0 Å². The molecule has 3 aromatic rings. The van der Waals surface area contributed by atoms with E-state index in [9.17, 15) is 4.79 Å². The molecule has 7 heteroatoms. The molecule has 3 aromatic heterocycles. The van der Waals surface area contributed by atoms with Crippen molar-refractivity contribution >= 4 is 11.5 Å². The number of rotatable bonds is 1. The summed E-state index contributed by atoms with van der Waals surface area (Å²) in [5.74, 6) is 0.613. The number of aryl methyl sites for hydroxylation is 2. The molecule has 0 spiro atoms. The van der Waals surface area contributed by atoms with Crippen LogP contribution in [0.3, 0.4) is 0 Å². The molecule has 0 saturated heterocycles.